The molecule has 37 heavy (non-hydrogen) atoms. The van der Waals surface area contributed by atoms with Crippen molar-refractivity contribution in [3.63, 3.8) is 0 Å². The Kier molecular flexibility index (Phi) is 7.63. The summed E-state index contributed by atoms with van der Waals surface area (Å²) in [7, 11) is 0. The van der Waals surface area contributed by atoms with Crippen molar-refractivity contribution in [1.82, 2.24) is 15.3 Å². The van der Waals surface area contributed by atoms with E-state index in [9.17, 15) is 24.4 Å². The molecular weight excluding hydrogens is 472 g/mol. The second kappa shape index (κ2) is 10.7. The van der Waals surface area contributed by atoms with Gasteiger partial charge in [0.15, 0.2) is 0 Å². The molecule has 0 aromatic heterocycles. The van der Waals surface area contributed by atoms with Gasteiger partial charge in [-0.1, -0.05) is 44.2 Å². The van der Waals surface area contributed by atoms with E-state index in [0.29, 0.717) is 38.0 Å². The Morgan fingerprint density at radius 2 is 1.76 bits per heavy atom. The number of amides is 4. The lowest BCUT2D eigenvalue weighted by Gasteiger charge is -2.36. The zero-order chi connectivity index (χ0) is 26.7. The van der Waals surface area contributed by atoms with Gasteiger partial charge < -0.3 is 10.6 Å². The molecule has 9 nitrogen and oxygen atoms in total. The van der Waals surface area contributed by atoms with Crippen LogP contribution in [0.25, 0.3) is 0 Å². The average Bonchev–Trinajstić information content (AvgIpc) is 3.31. The number of nitrogens with zero attached hydrogens (tertiary/aromatic N) is 2. The number of fused-ring (bicyclic) bond motifs is 1. The van der Waals surface area contributed by atoms with Gasteiger partial charge in [0.05, 0.1) is 22.5 Å². The lowest BCUT2D eigenvalue weighted by atomic mass is 9.67. The Morgan fingerprint density at radius 1 is 1.05 bits per heavy atom. The quantitative estimate of drug-likeness (QED) is 0.196. The minimum absolute atomic E-state index is 0.0539. The molecule has 0 aliphatic carbocycles. The summed E-state index contributed by atoms with van der Waals surface area (Å²) < 4.78 is 0. The second-order valence-corrected chi connectivity index (χ2v) is 10.4. The number of nitrogens with one attached hydrogen (secondary N) is 1. The summed E-state index contributed by atoms with van der Waals surface area (Å²) in [6, 6.07) is 14.4. The Bertz CT molecular complexity index is 1200. The highest BCUT2D eigenvalue weighted by Crippen LogP contribution is 2.46. The number of hydrogen-bond acceptors (Lipinski definition) is 6. The van der Waals surface area contributed by atoms with Gasteiger partial charge in [-0.05, 0) is 55.4 Å². The fourth-order valence-corrected chi connectivity index (χ4v) is 5.87. The van der Waals surface area contributed by atoms with E-state index in [0.717, 1.165) is 10.5 Å². The van der Waals surface area contributed by atoms with Crippen molar-refractivity contribution in [3.05, 3.63) is 65.2 Å². The summed E-state index contributed by atoms with van der Waals surface area (Å²) in [4.78, 5) is 55.7. The molecule has 2 aromatic rings. The lowest BCUT2D eigenvalue weighted by molar-refractivity contribution is -0.150. The van der Waals surface area contributed by atoms with Crippen LogP contribution in [-0.4, -0.2) is 58.3 Å². The molecule has 4 rings (SSSR count). The molecule has 2 aliphatic heterocycles. The van der Waals surface area contributed by atoms with Gasteiger partial charge in [0.1, 0.15) is 0 Å². The predicted molar refractivity (Wildman–Crippen MR) is 137 cm³/mol. The van der Waals surface area contributed by atoms with Gasteiger partial charge >= 0.3 is 0 Å². The topological polar surface area (TPSA) is 133 Å². The monoisotopic (exact) mass is 506 g/mol. The fraction of sp³-hybridized carbons (Fsp3) is 0.429. The summed E-state index contributed by atoms with van der Waals surface area (Å²) in [6.45, 7) is 4.95. The molecule has 1 saturated heterocycles. The molecule has 2 atom stereocenters. The van der Waals surface area contributed by atoms with Crippen LogP contribution in [0.1, 0.15) is 59.4 Å². The van der Waals surface area contributed by atoms with E-state index in [2.05, 4.69) is 0 Å². The average molecular weight is 507 g/mol. The molecule has 2 unspecified atom stereocenters. The number of nitrogen functional groups attached to an aromatic ring is 1. The van der Waals surface area contributed by atoms with E-state index in [1.807, 2.05) is 44.2 Å². The highest BCUT2D eigenvalue weighted by molar-refractivity contribution is 6.21. The molecule has 0 spiro atoms. The summed E-state index contributed by atoms with van der Waals surface area (Å²) in [6.07, 6.45) is 1.65. The normalized spacial score (nSPS) is 20.1. The van der Waals surface area contributed by atoms with Gasteiger partial charge in [-0.15, -0.1) is 0 Å². The van der Waals surface area contributed by atoms with Crippen LogP contribution in [0, 0.1) is 17.3 Å². The van der Waals surface area contributed by atoms with E-state index in [1.165, 1.54) is 12.1 Å². The van der Waals surface area contributed by atoms with Crippen LogP contribution in [-0.2, 0) is 16.0 Å². The summed E-state index contributed by atoms with van der Waals surface area (Å²) >= 11 is 0. The largest absolute Gasteiger partial charge is 0.399 e. The summed E-state index contributed by atoms with van der Waals surface area (Å²) in [5.74, 6) is -2.54. The molecule has 9 heteroatoms. The van der Waals surface area contributed by atoms with E-state index in [4.69, 9.17) is 5.73 Å². The third-order valence-electron chi connectivity index (χ3n) is 7.56. The van der Waals surface area contributed by atoms with E-state index in [1.54, 1.807) is 16.4 Å². The maximum atomic E-state index is 13.9. The SMILES string of the molecule is CC(C)CC1(C(CCN2C(=O)c3ccc(N)cc3C2=O)C(=O)NO)CCN(CCc2ccccc2)C1=O. The number of carbonyl (C=O) groups excluding carboxylic acids is 4. The first kappa shape index (κ1) is 26.3. The predicted octanol–water partition coefficient (Wildman–Crippen LogP) is 2.88. The molecule has 196 valence electrons. The molecule has 0 saturated carbocycles. The Hall–Kier alpha value is -3.72. The van der Waals surface area contributed by atoms with Crippen LogP contribution >= 0.6 is 0 Å². The third-order valence-corrected chi connectivity index (χ3v) is 7.56. The molecule has 2 aliphatic rings. The van der Waals surface area contributed by atoms with Gasteiger partial charge in [-0.3, -0.25) is 29.3 Å². The van der Waals surface area contributed by atoms with Crippen molar-refractivity contribution in [2.24, 2.45) is 17.3 Å². The lowest BCUT2D eigenvalue weighted by Crippen LogP contribution is -2.48. The number of hydrogen-bond donors (Lipinski definition) is 3. The first-order valence-corrected chi connectivity index (χ1v) is 12.7. The number of benzene rings is 2. The van der Waals surface area contributed by atoms with E-state index >= 15 is 0 Å². The van der Waals surface area contributed by atoms with Crippen molar-refractivity contribution < 1.29 is 24.4 Å². The van der Waals surface area contributed by atoms with Crippen LogP contribution in [0.3, 0.4) is 0 Å². The fourth-order valence-electron chi connectivity index (χ4n) is 5.87. The number of rotatable bonds is 10. The summed E-state index contributed by atoms with van der Waals surface area (Å²) in [5.41, 5.74) is 8.49. The van der Waals surface area contributed by atoms with Crippen molar-refractivity contribution in [2.45, 2.75) is 39.5 Å². The molecule has 0 radical (unpaired) electrons. The van der Waals surface area contributed by atoms with E-state index < -0.39 is 29.1 Å². The highest BCUT2D eigenvalue weighted by atomic mass is 16.5. The number of carbonyl (C=O) groups is 4. The Balaban J connectivity index is 1.55. The van der Waals surface area contributed by atoms with Crippen molar-refractivity contribution >= 4 is 29.3 Å². The minimum Gasteiger partial charge on any atom is -0.399 e. The van der Waals surface area contributed by atoms with Crippen molar-refractivity contribution in [1.29, 1.82) is 0 Å². The maximum Gasteiger partial charge on any atom is 0.261 e. The van der Waals surface area contributed by atoms with Gasteiger partial charge in [-0.2, -0.15) is 0 Å². The molecule has 2 heterocycles. The molecule has 1 fully saturated rings. The van der Waals surface area contributed by atoms with Crippen molar-refractivity contribution in [2.75, 3.05) is 25.4 Å². The first-order chi connectivity index (χ1) is 17.7. The summed E-state index contributed by atoms with van der Waals surface area (Å²) in [5, 5.41) is 9.60. The van der Waals surface area contributed by atoms with Crippen LogP contribution < -0.4 is 11.2 Å². The van der Waals surface area contributed by atoms with Crippen LogP contribution in [0.15, 0.2) is 48.5 Å². The number of nitrogens with two attached hydrogens (primary N) is 1. The zero-order valence-electron chi connectivity index (χ0n) is 21.3. The zero-order valence-corrected chi connectivity index (χ0v) is 21.3. The van der Waals surface area contributed by atoms with Gasteiger partial charge in [-0.25, -0.2) is 5.48 Å². The smallest absolute Gasteiger partial charge is 0.261 e. The Labute approximate surface area is 216 Å². The number of likely N-dealkylation sites (tertiary alicyclic amines) is 1. The number of anilines is 1. The molecule has 4 N–H and O–H groups in total. The standard InChI is InChI=1S/C28H34N4O5/c1-18(2)17-28(12-15-31(27(28)36)13-10-19-6-4-3-5-7-19)23(24(33)30-37)11-14-32-25(34)21-9-8-20(29)16-22(21)26(32)35/h3-9,16,18,23,37H,10-15,17,29H2,1-2H3,(H,30,33). The number of hydroxylamine groups is 1. The van der Waals surface area contributed by atoms with Gasteiger partial charge in [0, 0.05) is 25.3 Å². The molecule has 4 amide bonds. The Morgan fingerprint density at radius 3 is 2.43 bits per heavy atom. The minimum atomic E-state index is -1.04. The van der Waals surface area contributed by atoms with Crippen LogP contribution in [0.4, 0.5) is 5.69 Å². The first-order valence-electron chi connectivity index (χ1n) is 12.7. The number of imide groups is 1. The van der Waals surface area contributed by atoms with Gasteiger partial charge in [0.2, 0.25) is 11.8 Å². The molecular formula is C28H34N4O5. The molecule has 2 aromatic carbocycles. The maximum absolute atomic E-state index is 13.9. The van der Waals surface area contributed by atoms with Crippen LogP contribution in [0.5, 0.6) is 0 Å². The van der Waals surface area contributed by atoms with Crippen molar-refractivity contribution in [3.8, 4) is 0 Å². The van der Waals surface area contributed by atoms with Gasteiger partial charge in [0.25, 0.3) is 11.8 Å². The van der Waals surface area contributed by atoms with E-state index in [-0.39, 0.29) is 35.9 Å². The molecule has 0 bridgehead atoms. The van der Waals surface area contributed by atoms with Crippen LogP contribution in [0.2, 0.25) is 0 Å². The third kappa shape index (κ3) is 5.09. The highest BCUT2D eigenvalue weighted by Gasteiger charge is 2.54. The second-order valence-electron chi connectivity index (χ2n) is 10.4.